The van der Waals surface area contributed by atoms with Crippen LogP contribution < -0.4 is 0 Å². The lowest BCUT2D eigenvalue weighted by Gasteiger charge is -2.08. The topological polar surface area (TPSA) is 42.2 Å². The lowest BCUT2D eigenvalue weighted by molar-refractivity contribution is -0.138. The van der Waals surface area contributed by atoms with Crippen molar-refractivity contribution in [2.75, 3.05) is 0 Å². The number of halogens is 4. The summed E-state index contributed by atoms with van der Waals surface area (Å²) in [6.45, 7) is 4.00. The first-order chi connectivity index (χ1) is 15.2. The fraction of sp³-hybridized carbons (Fsp3) is 0.292. The summed E-state index contributed by atoms with van der Waals surface area (Å²) in [5.41, 5.74) is 1.64. The monoisotopic (exact) mass is 467 g/mol. The SMILES string of the molecule is C#C.CC.O=C(O)CCc1cn(CSCc2ccc(C(F)(F)F)cc2)c2ccc(F)cc12. The quantitative estimate of drug-likeness (QED) is 0.301. The molecule has 0 amide bonds. The molecule has 1 aromatic heterocycles. The molecule has 32 heavy (non-hydrogen) atoms. The highest BCUT2D eigenvalue weighted by Gasteiger charge is 2.29. The Labute approximate surface area is 189 Å². The van der Waals surface area contributed by atoms with Crippen molar-refractivity contribution < 1.29 is 27.5 Å². The average molecular weight is 468 g/mol. The minimum absolute atomic E-state index is 0.0473. The molecular formula is C24H25F4NO2S. The molecule has 0 atom stereocenters. The van der Waals surface area contributed by atoms with Gasteiger partial charge in [-0.3, -0.25) is 4.79 Å². The van der Waals surface area contributed by atoms with Gasteiger partial charge in [-0.1, -0.05) is 26.0 Å². The van der Waals surface area contributed by atoms with E-state index in [0.29, 0.717) is 23.4 Å². The molecule has 3 rings (SSSR count). The lowest BCUT2D eigenvalue weighted by Crippen LogP contribution is -2.04. The number of carboxylic acids is 1. The summed E-state index contributed by atoms with van der Waals surface area (Å²) in [6.07, 6.45) is 5.71. The maximum atomic E-state index is 13.6. The number of fused-ring (bicyclic) bond motifs is 1. The van der Waals surface area contributed by atoms with Crippen LogP contribution in [0.3, 0.4) is 0 Å². The Morgan fingerprint density at radius 3 is 2.28 bits per heavy atom. The number of carboxylic acid groups (broad SMARTS) is 1. The molecule has 3 nitrogen and oxygen atoms in total. The number of terminal acetylenes is 1. The van der Waals surface area contributed by atoms with E-state index in [0.717, 1.165) is 28.8 Å². The Bertz CT molecular complexity index is 1020. The molecule has 0 aliphatic rings. The second-order valence-electron chi connectivity index (χ2n) is 6.35. The molecular weight excluding hydrogens is 442 g/mol. The van der Waals surface area contributed by atoms with E-state index in [1.807, 2.05) is 24.6 Å². The fourth-order valence-electron chi connectivity index (χ4n) is 2.94. The third kappa shape index (κ3) is 7.65. The molecule has 1 heterocycles. The molecule has 0 bridgehead atoms. The summed E-state index contributed by atoms with van der Waals surface area (Å²) in [5.74, 6) is -0.284. The van der Waals surface area contributed by atoms with Crippen LogP contribution in [0.15, 0.2) is 48.7 Å². The van der Waals surface area contributed by atoms with Crippen LogP contribution in [0.25, 0.3) is 10.9 Å². The summed E-state index contributed by atoms with van der Waals surface area (Å²) in [7, 11) is 0. The molecule has 172 valence electrons. The second-order valence-corrected chi connectivity index (χ2v) is 7.31. The van der Waals surface area contributed by atoms with Crippen molar-refractivity contribution >= 4 is 28.6 Å². The fourth-order valence-corrected chi connectivity index (χ4v) is 3.87. The van der Waals surface area contributed by atoms with Gasteiger partial charge in [0.2, 0.25) is 0 Å². The first kappa shape index (κ1) is 27.1. The van der Waals surface area contributed by atoms with Gasteiger partial charge in [0.25, 0.3) is 0 Å². The standard InChI is InChI=1S/C20H17F4NO2S.C2H6.C2H2/c21-16-6-7-18-17(9-16)14(3-8-19(26)27)10-25(18)12-28-11-13-1-4-15(5-2-13)20(22,23)24;2*1-2/h1-2,4-7,9-10H,3,8,11-12H2,(H,26,27);1-2H3;1-2H. The van der Waals surface area contributed by atoms with Crippen molar-refractivity contribution in [3.63, 3.8) is 0 Å². The highest BCUT2D eigenvalue weighted by molar-refractivity contribution is 7.97. The van der Waals surface area contributed by atoms with Gasteiger partial charge in [-0.05, 0) is 47.9 Å². The summed E-state index contributed by atoms with van der Waals surface area (Å²) in [5, 5.41) is 9.57. The number of carbonyl (C=O) groups is 1. The number of aromatic nitrogens is 1. The molecule has 0 unspecified atom stereocenters. The minimum Gasteiger partial charge on any atom is -0.481 e. The zero-order chi connectivity index (χ0) is 24.3. The summed E-state index contributed by atoms with van der Waals surface area (Å²) >= 11 is 1.50. The van der Waals surface area contributed by atoms with Gasteiger partial charge in [-0.15, -0.1) is 24.6 Å². The van der Waals surface area contributed by atoms with Crippen LogP contribution in [0.1, 0.15) is 37.0 Å². The van der Waals surface area contributed by atoms with E-state index >= 15 is 0 Å². The highest BCUT2D eigenvalue weighted by atomic mass is 32.2. The van der Waals surface area contributed by atoms with Crippen LogP contribution in [-0.4, -0.2) is 15.6 Å². The summed E-state index contributed by atoms with van der Waals surface area (Å²) in [6, 6.07) is 9.42. The maximum Gasteiger partial charge on any atom is 0.416 e. The van der Waals surface area contributed by atoms with Crippen LogP contribution >= 0.6 is 11.8 Å². The predicted molar refractivity (Wildman–Crippen MR) is 122 cm³/mol. The number of thioether (sulfide) groups is 1. The summed E-state index contributed by atoms with van der Waals surface area (Å²) in [4.78, 5) is 10.8. The van der Waals surface area contributed by atoms with E-state index in [1.54, 1.807) is 6.07 Å². The number of nitrogens with zero attached hydrogens (tertiary/aromatic N) is 1. The zero-order valence-corrected chi connectivity index (χ0v) is 18.6. The van der Waals surface area contributed by atoms with Gasteiger partial charge >= 0.3 is 12.1 Å². The maximum absolute atomic E-state index is 13.6. The van der Waals surface area contributed by atoms with Crippen molar-refractivity contribution in [2.45, 2.75) is 44.5 Å². The summed E-state index contributed by atoms with van der Waals surface area (Å²) < 4.78 is 53.3. The smallest absolute Gasteiger partial charge is 0.416 e. The Morgan fingerprint density at radius 2 is 1.72 bits per heavy atom. The van der Waals surface area contributed by atoms with Crippen LogP contribution in [0.2, 0.25) is 0 Å². The van der Waals surface area contributed by atoms with Gasteiger partial charge in [0.1, 0.15) is 5.82 Å². The normalized spacial score (nSPS) is 10.6. The molecule has 0 radical (unpaired) electrons. The van der Waals surface area contributed by atoms with Crippen molar-refractivity contribution in [3.05, 3.63) is 71.2 Å². The second kappa shape index (κ2) is 12.8. The molecule has 0 saturated heterocycles. The Morgan fingerprint density at radius 1 is 1.09 bits per heavy atom. The molecule has 8 heteroatoms. The van der Waals surface area contributed by atoms with Gasteiger partial charge in [0.05, 0.1) is 11.4 Å². The van der Waals surface area contributed by atoms with E-state index in [1.165, 1.54) is 36.0 Å². The van der Waals surface area contributed by atoms with E-state index in [9.17, 15) is 22.4 Å². The van der Waals surface area contributed by atoms with E-state index < -0.39 is 17.7 Å². The Balaban J connectivity index is 0.00000121. The third-order valence-electron chi connectivity index (χ3n) is 4.31. The number of hydrogen-bond acceptors (Lipinski definition) is 2. The number of aliphatic carboxylic acids is 1. The van der Waals surface area contributed by atoms with E-state index in [-0.39, 0.29) is 12.2 Å². The van der Waals surface area contributed by atoms with Gasteiger partial charge < -0.3 is 9.67 Å². The molecule has 0 fully saturated rings. The molecule has 0 saturated carbocycles. The number of benzene rings is 2. The van der Waals surface area contributed by atoms with Crippen molar-refractivity contribution in [2.24, 2.45) is 0 Å². The first-order valence-corrected chi connectivity index (χ1v) is 11.0. The molecule has 0 spiro atoms. The van der Waals surface area contributed by atoms with Crippen molar-refractivity contribution in [3.8, 4) is 12.8 Å². The zero-order valence-electron chi connectivity index (χ0n) is 17.8. The minimum atomic E-state index is -4.35. The van der Waals surface area contributed by atoms with Crippen molar-refractivity contribution in [1.29, 1.82) is 0 Å². The van der Waals surface area contributed by atoms with Crippen LogP contribution in [-0.2, 0) is 29.0 Å². The lowest BCUT2D eigenvalue weighted by atomic mass is 10.1. The first-order valence-electron chi connectivity index (χ1n) is 9.80. The number of rotatable bonds is 7. The number of hydrogen-bond donors (Lipinski definition) is 1. The van der Waals surface area contributed by atoms with Crippen LogP contribution in [0.4, 0.5) is 17.6 Å². The largest absolute Gasteiger partial charge is 0.481 e. The highest BCUT2D eigenvalue weighted by Crippen LogP contribution is 2.30. The molecule has 0 aliphatic heterocycles. The third-order valence-corrected chi connectivity index (χ3v) is 5.31. The van der Waals surface area contributed by atoms with Gasteiger partial charge in [-0.25, -0.2) is 4.39 Å². The number of aryl methyl sites for hydroxylation is 1. The van der Waals surface area contributed by atoms with Gasteiger partial charge in [-0.2, -0.15) is 13.2 Å². The van der Waals surface area contributed by atoms with Gasteiger partial charge in [0.15, 0.2) is 0 Å². The number of alkyl halides is 3. The van der Waals surface area contributed by atoms with Crippen molar-refractivity contribution in [1.82, 2.24) is 4.57 Å². The van der Waals surface area contributed by atoms with E-state index in [2.05, 4.69) is 12.8 Å². The molecule has 2 aromatic carbocycles. The Hall–Kier alpha value is -2.92. The predicted octanol–water partition coefficient (Wildman–Crippen LogP) is 6.98. The van der Waals surface area contributed by atoms with Crippen LogP contribution in [0, 0.1) is 18.7 Å². The molecule has 1 N–H and O–H groups in total. The van der Waals surface area contributed by atoms with E-state index in [4.69, 9.17) is 5.11 Å². The Kier molecular flexibility index (Phi) is 10.9. The average Bonchev–Trinajstić information content (AvgIpc) is 3.11. The van der Waals surface area contributed by atoms with Gasteiger partial charge in [0, 0.05) is 29.3 Å². The molecule has 3 aromatic rings. The molecule has 0 aliphatic carbocycles. The van der Waals surface area contributed by atoms with Crippen LogP contribution in [0.5, 0.6) is 0 Å².